The Morgan fingerprint density at radius 3 is 2.44 bits per heavy atom. The molecule has 1 rings (SSSR count). The Morgan fingerprint density at radius 2 is 2.06 bits per heavy atom. The van der Waals surface area contributed by atoms with Crippen LogP contribution in [0.25, 0.3) is 0 Å². The van der Waals surface area contributed by atoms with Crippen LogP contribution in [-0.4, -0.2) is 35.0 Å². The molecule has 0 aromatic heterocycles. The van der Waals surface area contributed by atoms with Gasteiger partial charge in [-0.1, -0.05) is 28.7 Å². The van der Waals surface area contributed by atoms with E-state index < -0.39 is 19.8 Å². The molecule has 1 radical (unpaired) electrons. The molecule has 18 heavy (non-hydrogen) atoms. The van der Waals surface area contributed by atoms with Gasteiger partial charge in [-0.05, 0) is 5.92 Å². The van der Waals surface area contributed by atoms with E-state index in [0.29, 0.717) is 6.42 Å². The minimum absolute atomic E-state index is 0. The first-order valence-corrected chi connectivity index (χ1v) is 6.78. The summed E-state index contributed by atoms with van der Waals surface area (Å²) >= 11 is 0. The van der Waals surface area contributed by atoms with E-state index in [-0.39, 0.29) is 66.2 Å². The molecule has 1 aliphatic rings. The largest absolute Gasteiger partial charge is 0.546 e. The molecule has 1 aliphatic heterocycles. The predicted octanol–water partition coefficient (Wildman–Crippen LogP) is 2.43. The molecule has 0 spiro atoms. The zero-order valence-electron chi connectivity index (χ0n) is 9.57. The predicted molar refractivity (Wildman–Crippen MR) is 68.7 cm³/mol. The maximum absolute atomic E-state index is 11.5. The second-order valence-corrected chi connectivity index (χ2v) is 6.05. The molecule has 109 valence electrons. The first-order valence-electron chi connectivity index (χ1n) is 5.02. The molecule has 0 bridgehead atoms. The molecular weight excluding hydrogens is 332 g/mol. The van der Waals surface area contributed by atoms with Gasteiger partial charge in [-0.25, -0.2) is 6.61 Å². The molecule has 0 amide bonds. The van der Waals surface area contributed by atoms with Gasteiger partial charge in [-0.2, -0.15) is 0 Å². The molecule has 0 saturated carbocycles. The van der Waals surface area contributed by atoms with E-state index in [2.05, 4.69) is 0 Å². The quantitative estimate of drug-likeness (QED) is 0.583. The van der Waals surface area contributed by atoms with Crippen LogP contribution < -0.4 is 0 Å². The molecule has 2 N–H and O–H groups in total. The molecular formula is C11H26O5PY-. The van der Waals surface area contributed by atoms with Crippen molar-refractivity contribution < 1.29 is 56.5 Å². The minimum atomic E-state index is -3.53. The Labute approximate surface area is 136 Å². The normalized spacial score (nSPS) is 25.6. The van der Waals surface area contributed by atoms with Crippen LogP contribution in [0.3, 0.4) is 0 Å². The summed E-state index contributed by atoms with van der Waals surface area (Å²) in [5.74, 6) is 0.0989. The second-order valence-electron chi connectivity index (χ2n) is 4.15. The van der Waals surface area contributed by atoms with Gasteiger partial charge in [0, 0.05) is 32.7 Å². The van der Waals surface area contributed by atoms with Crippen LogP contribution in [0.1, 0.15) is 35.1 Å². The summed E-state index contributed by atoms with van der Waals surface area (Å²) in [4.78, 5) is 9.42. The second kappa shape index (κ2) is 10.9. The van der Waals surface area contributed by atoms with Crippen molar-refractivity contribution in [3.63, 3.8) is 0 Å². The monoisotopic (exact) mass is 358 g/mol. The molecule has 0 aliphatic carbocycles. The number of hydrogen-bond donors (Lipinski definition) is 2. The van der Waals surface area contributed by atoms with E-state index in [1.807, 2.05) is 13.8 Å². The molecule has 3 unspecified atom stereocenters. The smallest absolute Gasteiger partial charge is 0.328 e. The molecule has 0 aromatic carbocycles. The summed E-state index contributed by atoms with van der Waals surface area (Å²) in [5, 5.41) is 9.36. The fraction of sp³-hybridized carbons (Fsp3) is 0.909. The molecule has 3 atom stereocenters. The first kappa shape index (κ1) is 24.2. The average Bonchev–Trinajstić information content (AvgIpc) is 2.45. The molecule has 0 aromatic rings. The van der Waals surface area contributed by atoms with Gasteiger partial charge in [0.15, 0.2) is 0 Å². The van der Waals surface area contributed by atoms with E-state index >= 15 is 0 Å². The van der Waals surface area contributed by atoms with Crippen LogP contribution in [0, 0.1) is 12.5 Å². The van der Waals surface area contributed by atoms with Crippen LogP contribution in [0.15, 0.2) is 0 Å². The third kappa shape index (κ3) is 9.14. The fourth-order valence-electron chi connectivity index (χ4n) is 1.37. The Morgan fingerprint density at radius 1 is 1.50 bits per heavy atom. The van der Waals surface area contributed by atoms with Gasteiger partial charge in [0.2, 0.25) is 0 Å². The van der Waals surface area contributed by atoms with E-state index in [9.17, 15) is 14.6 Å². The van der Waals surface area contributed by atoms with Crippen molar-refractivity contribution in [3.05, 3.63) is 6.61 Å². The van der Waals surface area contributed by atoms with E-state index in [4.69, 9.17) is 9.26 Å². The summed E-state index contributed by atoms with van der Waals surface area (Å²) in [6, 6.07) is 0. The Bertz CT molecular complexity index is 250. The minimum Gasteiger partial charge on any atom is -0.546 e. The van der Waals surface area contributed by atoms with Crippen molar-refractivity contribution in [1.29, 1.82) is 0 Å². The zero-order valence-corrected chi connectivity index (χ0v) is 13.3. The van der Waals surface area contributed by atoms with E-state index in [1.165, 1.54) is 6.61 Å². The number of rotatable bonds is 5. The summed E-state index contributed by atoms with van der Waals surface area (Å²) in [6.45, 7) is 5.14. The van der Waals surface area contributed by atoms with Gasteiger partial charge in [0.25, 0.3) is 0 Å². The summed E-state index contributed by atoms with van der Waals surface area (Å²) in [7, 11) is -3.53. The van der Waals surface area contributed by atoms with Crippen LogP contribution in [-0.2, 0) is 46.5 Å². The van der Waals surface area contributed by atoms with E-state index in [1.54, 1.807) is 0 Å². The summed E-state index contributed by atoms with van der Waals surface area (Å²) in [6.07, 6.45) is -0.588. The average molecular weight is 358 g/mol. The van der Waals surface area contributed by atoms with Gasteiger partial charge in [-0.3, -0.25) is 4.57 Å². The molecule has 5 nitrogen and oxygen atoms in total. The van der Waals surface area contributed by atoms with Crippen molar-refractivity contribution in [3.8, 4) is 0 Å². The van der Waals surface area contributed by atoms with Crippen LogP contribution in [0.4, 0.5) is 0 Å². The maximum atomic E-state index is 11.5. The van der Waals surface area contributed by atoms with Crippen molar-refractivity contribution in [2.45, 2.75) is 47.3 Å². The zero-order chi connectivity index (χ0) is 11.5. The van der Waals surface area contributed by atoms with Crippen molar-refractivity contribution in [1.82, 2.24) is 0 Å². The summed E-state index contributed by atoms with van der Waals surface area (Å²) in [5.41, 5.74) is 0. The third-order valence-electron chi connectivity index (χ3n) is 2.07. The van der Waals surface area contributed by atoms with E-state index in [0.717, 1.165) is 0 Å². The van der Waals surface area contributed by atoms with Gasteiger partial charge < -0.3 is 19.3 Å². The number of aliphatic hydroxyl groups excluding tert-OH is 1. The molecule has 1 fully saturated rings. The van der Waals surface area contributed by atoms with Crippen LogP contribution >= 0.6 is 7.60 Å². The Kier molecular flexibility index (Phi) is 14.7. The third-order valence-corrected chi connectivity index (χ3v) is 3.82. The molecule has 1 saturated heterocycles. The Balaban J connectivity index is -0.000000750. The topological polar surface area (TPSA) is 76.0 Å². The van der Waals surface area contributed by atoms with Gasteiger partial charge in [0.1, 0.15) is 0 Å². The molecule has 7 heteroatoms. The van der Waals surface area contributed by atoms with Crippen molar-refractivity contribution in [2.24, 2.45) is 5.92 Å². The fourth-order valence-corrected chi connectivity index (χ4v) is 2.78. The van der Waals surface area contributed by atoms with Gasteiger partial charge in [0.05, 0.1) is 25.0 Å². The number of ether oxygens (including phenoxy) is 1. The van der Waals surface area contributed by atoms with Crippen LogP contribution in [0.2, 0.25) is 0 Å². The SMILES string of the molecule is C.C.CC(C)CP(=O)(O)OCC1O[CH-]CC1O.[Y]. The number of hydrogen-bond acceptors (Lipinski definition) is 4. The maximum Gasteiger partial charge on any atom is 0.328 e. The standard InChI is InChI=1S/C9H18O5P.2CH4.Y/c1-7(2)6-15(11,12)14-5-9-8(10)3-4-13-9;;;/h4,7-10H,3,5-6H2,1-2H3,(H,11,12);2*1H4;/q-1;;;. The van der Waals surface area contributed by atoms with Crippen LogP contribution in [0.5, 0.6) is 0 Å². The Hall–Kier alpha value is 1.17. The first-order chi connectivity index (χ1) is 6.91. The number of aliphatic hydroxyl groups is 1. The van der Waals surface area contributed by atoms with Gasteiger partial charge in [-0.15, -0.1) is 6.42 Å². The molecule has 1 heterocycles. The van der Waals surface area contributed by atoms with Crippen molar-refractivity contribution in [2.75, 3.05) is 12.8 Å². The van der Waals surface area contributed by atoms with Crippen molar-refractivity contribution >= 4 is 7.60 Å². The summed E-state index contributed by atoms with van der Waals surface area (Å²) < 4.78 is 21.4. The van der Waals surface area contributed by atoms with Gasteiger partial charge >= 0.3 is 7.60 Å².